The Labute approximate surface area is 144 Å². The second-order valence-corrected chi connectivity index (χ2v) is 8.31. The van der Waals surface area contributed by atoms with Crippen molar-refractivity contribution in [1.82, 2.24) is 14.9 Å². The molecule has 2 unspecified atom stereocenters. The van der Waals surface area contributed by atoms with E-state index < -0.39 is 0 Å². The number of aromatic nitrogens is 2. The molecule has 1 saturated heterocycles. The minimum absolute atomic E-state index is 0.286. The molecule has 122 valence electrons. The predicted octanol–water partition coefficient (Wildman–Crippen LogP) is 3.96. The zero-order valence-electron chi connectivity index (χ0n) is 13.1. The Balaban J connectivity index is 1.44. The molecule has 1 saturated carbocycles. The molecule has 2 atom stereocenters. The summed E-state index contributed by atoms with van der Waals surface area (Å²) in [7, 11) is 0. The molecule has 2 aliphatic rings. The monoisotopic (exact) mass is 347 g/mol. The van der Waals surface area contributed by atoms with Gasteiger partial charge in [-0.2, -0.15) is 0 Å². The molecule has 1 aliphatic heterocycles. The Morgan fingerprint density at radius 1 is 1.26 bits per heavy atom. The number of nitrogens with zero attached hydrogens (tertiary/aromatic N) is 3. The van der Waals surface area contributed by atoms with Crippen LogP contribution in [0.4, 0.5) is 0 Å². The van der Waals surface area contributed by atoms with Gasteiger partial charge in [0, 0.05) is 18.0 Å². The lowest BCUT2D eigenvalue weighted by atomic mass is 9.78. The Kier molecular flexibility index (Phi) is 4.53. The van der Waals surface area contributed by atoms with Gasteiger partial charge in [-0.1, -0.05) is 24.6 Å². The maximum Gasteiger partial charge on any atom is 0.233 e. The van der Waals surface area contributed by atoms with E-state index in [0.29, 0.717) is 11.8 Å². The van der Waals surface area contributed by atoms with Crippen molar-refractivity contribution in [2.24, 2.45) is 5.92 Å². The molecule has 6 heteroatoms. The standard InChI is InChI=1S/C17H21N3OS2/c21-15(20-8-3-5-12-4-1-2-6-14(12)20)10-23-17-13-7-9-22-16(13)18-11-19-17/h7,9,11-12,14H,1-6,8,10H2. The van der Waals surface area contributed by atoms with Gasteiger partial charge in [0.15, 0.2) is 0 Å². The lowest BCUT2D eigenvalue weighted by Crippen LogP contribution is -2.50. The minimum atomic E-state index is 0.286. The summed E-state index contributed by atoms with van der Waals surface area (Å²) in [5, 5.41) is 4.04. The number of hydrogen-bond donors (Lipinski definition) is 0. The van der Waals surface area contributed by atoms with Crippen LogP contribution in [-0.2, 0) is 4.79 Å². The fraction of sp³-hybridized carbons (Fsp3) is 0.588. The summed E-state index contributed by atoms with van der Waals surface area (Å²) in [5.41, 5.74) is 0. The number of thioether (sulfide) groups is 1. The number of hydrogen-bond acceptors (Lipinski definition) is 5. The normalized spacial score (nSPS) is 24.6. The zero-order valence-corrected chi connectivity index (χ0v) is 14.7. The lowest BCUT2D eigenvalue weighted by Gasteiger charge is -2.44. The average molecular weight is 348 g/mol. The summed E-state index contributed by atoms with van der Waals surface area (Å²) in [5.74, 6) is 1.52. The molecule has 2 fully saturated rings. The molecular formula is C17H21N3OS2. The van der Waals surface area contributed by atoms with Crippen molar-refractivity contribution in [3.05, 3.63) is 17.8 Å². The van der Waals surface area contributed by atoms with Crippen LogP contribution in [0.3, 0.4) is 0 Å². The van der Waals surface area contributed by atoms with Crippen molar-refractivity contribution >= 4 is 39.2 Å². The van der Waals surface area contributed by atoms with Crippen molar-refractivity contribution in [3.63, 3.8) is 0 Å². The molecule has 0 bridgehead atoms. The first-order chi connectivity index (χ1) is 11.3. The van der Waals surface area contributed by atoms with E-state index in [0.717, 1.165) is 27.7 Å². The van der Waals surface area contributed by atoms with E-state index in [4.69, 9.17) is 0 Å². The molecule has 0 radical (unpaired) electrons. The van der Waals surface area contributed by atoms with E-state index in [1.807, 2.05) is 11.4 Å². The minimum Gasteiger partial charge on any atom is -0.339 e. The highest BCUT2D eigenvalue weighted by atomic mass is 32.2. The molecule has 0 spiro atoms. The molecule has 0 N–H and O–H groups in total. The van der Waals surface area contributed by atoms with Gasteiger partial charge in [0.25, 0.3) is 0 Å². The van der Waals surface area contributed by atoms with Gasteiger partial charge in [0.05, 0.1) is 5.75 Å². The summed E-state index contributed by atoms with van der Waals surface area (Å²) in [4.78, 5) is 24.6. The topological polar surface area (TPSA) is 46.1 Å². The molecule has 4 rings (SSSR count). The molecule has 2 aromatic rings. The van der Waals surface area contributed by atoms with Crippen molar-refractivity contribution in [2.75, 3.05) is 12.3 Å². The molecular weight excluding hydrogens is 326 g/mol. The summed E-state index contributed by atoms with van der Waals surface area (Å²) >= 11 is 3.18. The summed E-state index contributed by atoms with van der Waals surface area (Å²) in [6, 6.07) is 2.54. The Hall–Kier alpha value is -1.14. The van der Waals surface area contributed by atoms with E-state index in [-0.39, 0.29) is 5.91 Å². The predicted molar refractivity (Wildman–Crippen MR) is 94.8 cm³/mol. The molecule has 2 aromatic heterocycles. The fourth-order valence-corrected chi connectivity index (χ4v) is 5.69. The first-order valence-corrected chi connectivity index (χ1v) is 10.3. The van der Waals surface area contributed by atoms with Crippen LogP contribution in [0, 0.1) is 5.92 Å². The van der Waals surface area contributed by atoms with Crippen LogP contribution in [0.25, 0.3) is 10.2 Å². The smallest absolute Gasteiger partial charge is 0.233 e. The van der Waals surface area contributed by atoms with Gasteiger partial charge in [-0.3, -0.25) is 4.79 Å². The zero-order chi connectivity index (χ0) is 15.6. The Morgan fingerprint density at radius 2 is 2.13 bits per heavy atom. The maximum atomic E-state index is 12.8. The van der Waals surface area contributed by atoms with Crippen molar-refractivity contribution in [2.45, 2.75) is 49.6 Å². The number of rotatable bonds is 3. The number of carbonyl (C=O) groups is 1. The summed E-state index contributed by atoms with van der Waals surface area (Å²) < 4.78 is 0. The van der Waals surface area contributed by atoms with E-state index in [1.165, 1.54) is 38.5 Å². The van der Waals surface area contributed by atoms with Gasteiger partial charge in [-0.15, -0.1) is 11.3 Å². The first kappa shape index (κ1) is 15.4. The van der Waals surface area contributed by atoms with Crippen molar-refractivity contribution in [1.29, 1.82) is 0 Å². The molecule has 0 aromatic carbocycles. The van der Waals surface area contributed by atoms with Gasteiger partial charge in [-0.25, -0.2) is 9.97 Å². The molecule has 1 aliphatic carbocycles. The van der Waals surface area contributed by atoms with Crippen LogP contribution in [-0.4, -0.2) is 39.1 Å². The maximum absolute atomic E-state index is 12.8. The van der Waals surface area contributed by atoms with Gasteiger partial charge in [0.1, 0.15) is 16.2 Å². The number of piperidine rings is 1. The number of amides is 1. The van der Waals surface area contributed by atoms with Crippen LogP contribution < -0.4 is 0 Å². The number of thiophene rings is 1. The third-order valence-electron chi connectivity index (χ3n) is 5.12. The molecule has 1 amide bonds. The van der Waals surface area contributed by atoms with Crippen LogP contribution >= 0.6 is 23.1 Å². The van der Waals surface area contributed by atoms with Crippen LogP contribution in [0.15, 0.2) is 22.8 Å². The largest absolute Gasteiger partial charge is 0.339 e. The Morgan fingerprint density at radius 3 is 3.09 bits per heavy atom. The number of carbonyl (C=O) groups excluding carboxylic acids is 1. The quantitative estimate of drug-likeness (QED) is 0.623. The molecule has 3 heterocycles. The third-order valence-corrected chi connectivity index (χ3v) is 6.93. The second-order valence-electron chi connectivity index (χ2n) is 6.45. The van der Waals surface area contributed by atoms with Crippen molar-refractivity contribution in [3.8, 4) is 0 Å². The van der Waals surface area contributed by atoms with Gasteiger partial charge in [-0.05, 0) is 43.0 Å². The average Bonchev–Trinajstić information content (AvgIpc) is 3.08. The Bertz CT molecular complexity index is 700. The fourth-order valence-electron chi connectivity index (χ4n) is 4.03. The second kappa shape index (κ2) is 6.77. The van der Waals surface area contributed by atoms with Crippen LogP contribution in [0.1, 0.15) is 38.5 Å². The molecule has 23 heavy (non-hydrogen) atoms. The highest BCUT2D eigenvalue weighted by Gasteiger charge is 2.35. The number of likely N-dealkylation sites (tertiary alicyclic amines) is 1. The number of fused-ring (bicyclic) bond motifs is 2. The van der Waals surface area contributed by atoms with Gasteiger partial charge >= 0.3 is 0 Å². The highest BCUT2D eigenvalue weighted by molar-refractivity contribution is 8.00. The summed E-state index contributed by atoms with van der Waals surface area (Å²) in [6.07, 6.45) is 9.20. The first-order valence-electron chi connectivity index (χ1n) is 8.43. The van der Waals surface area contributed by atoms with E-state index in [2.05, 4.69) is 14.9 Å². The molecule has 4 nitrogen and oxygen atoms in total. The van der Waals surface area contributed by atoms with E-state index in [9.17, 15) is 4.79 Å². The van der Waals surface area contributed by atoms with Crippen molar-refractivity contribution < 1.29 is 4.79 Å². The van der Waals surface area contributed by atoms with Crippen LogP contribution in [0.2, 0.25) is 0 Å². The summed E-state index contributed by atoms with van der Waals surface area (Å²) in [6.45, 7) is 0.943. The van der Waals surface area contributed by atoms with Crippen LogP contribution in [0.5, 0.6) is 0 Å². The highest BCUT2D eigenvalue weighted by Crippen LogP contribution is 2.36. The van der Waals surface area contributed by atoms with Gasteiger partial charge < -0.3 is 4.90 Å². The van der Waals surface area contributed by atoms with Gasteiger partial charge in [0.2, 0.25) is 5.91 Å². The third kappa shape index (κ3) is 3.11. The SMILES string of the molecule is O=C(CSc1ncnc2sccc12)N1CCCC2CCCCC21. The van der Waals surface area contributed by atoms with E-state index in [1.54, 1.807) is 29.4 Å². The van der Waals surface area contributed by atoms with E-state index >= 15 is 0 Å². The lowest BCUT2D eigenvalue weighted by molar-refractivity contribution is -0.134.